The Kier molecular flexibility index (Phi) is 2.67. The van der Waals surface area contributed by atoms with Crippen molar-refractivity contribution in [2.75, 3.05) is 11.4 Å². The largest absolute Gasteiger partial charge is 0.505 e. The Morgan fingerprint density at radius 2 is 2.00 bits per heavy atom. The summed E-state index contributed by atoms with van der Waals surface area (Å²) in [5, 5.41) is 9.17. The van der Waals surface area contributed by atoms with E-state index >= 15 is 0 Å². The van der Waals surface area contributed by atoms with E-state index in [9.17, 15) is 9.50 Å². The number of para-hydroxylation sites is 1. The third-order valence-corrected chi connectivity index (χ3v) is 3.37. The van der Waals surface area contributed by atoms with Crippen LogP contribution >= 0.6 is 0 Å². The zero-order chi connectivity index (χ0) is 12.5. The predicted molar refractivity (Wildman–Crippen MR) is 69.3 cm³/mol. The van der Waals surface area contributed by atoms with Crippen molar-refractivity contribution in [1.82, 2.24) is 0 Å². The summed E-state index contributed by atoms with van der Waals surface area (Å²) >= 11 is 0. The lowest BCUT2D eigenvalue weighted by Gasteiger charge is -2.19. The third-order valence-electron chi connectivity index (χ3n) is 3.37. The molecule has 0 aliphatic carbocycles. The summed E-state index contributed by atoms with van der Waals surface area (Å²) in [5.74, 6) is -0.847. The Hall–Kier alpha value is -2.03. The van der Waals surface area contributed by atoms with E-state index in [1.807, 2.05) is 12.1 Å². The van der Waals surface area contributed by atoms with Crippen LogP contribution in [0.5, 0.6) is 5.75 Å². The summed E-state index contributed by atoms with van der Waals surface area (Å²) in [6, 6.07) is 12.9. The second-order valence-electron chi connectivity index (χ2n) is 4.59. The molecule has 92 valence electrons. The van der Waals surface area contributed by atoms with E-state index in [1.165, 1.54) is 23.4 Å². The molecule has 3 heteroatoms. The molecule has 0 saturated carbocycles. The highest BCUT2D eigenvalue weighted by atomic mass is 19.1. The molecule has 2 nitrogen and oxygen atoms in total. The molecule has 0 fully saturated rings. The second-order valence-corrected chi connectivity index (χ2v) is 4.59. The van der Waals surface area contributed by atoms with Crippen molar-refractivity contribution in [3.63, 3.8) is 0 Å². The van der Waals surface area contributed by atoms with Gasteiger partial charge in [0.25, 0.3) is 0 Å². The van der Waals surface area contributed by atoms with Gasteiger partial charge in [0.15, 0.2) is 11.6 Å². The number of rotatable bonds is 2. The molecule has 1 aliphatic rings. The molecule has 1 aliphatic heterocycles. The Bertz CT molecular complexity index is 582. The van der Waals surface area contributed by atoms with Gasteiger partial charge in [-0.15, -0.1) is 0 Å². The van der Waals surface area contributed by atoms with Crippen LogP contribution in [0.2, 0.25) is 0 Å². The van der Waals surface area contributed by atoms with Gasteiger partial charge < -0.3 is 10.0 Å². The average Bonchev–Trinajstić information content (AvgIpc) is 2.78. The summed E-state index contributed by atoms with van der Waals surface area (Å²) in [7, 11) is 0. The number of aromatic hydroxyl groups is 1. The maximum atomic E-state index is 13.3. The Morgan fingerprint density at radius 1 is 1.17 bits per heavy atom. The van der Waals surface area contributed by atoms with Gasteiger partial charge >= 0.3 is 0 Å². The summed E-state index contributed by atoms with van der Waals surface area (Å²) in [4.78, 5) is 2.24. The van der Waals surface area contributed by atoms with E-state index in [-0.39, 0.29) is 5.75 Å². The molecular weight excluding hydrogens is 229 g/mol. The number of halogens is 1. The maximum absolute atomic E-state index is 13.3. The fourth-order valence-corrected chi connectivity index (χ4v) is 2.44. The fourth-order valence-electron chi connectivity index (χ4n) is 2.44. The second kappa shape index (κ2) is 4.33. The number of anilines is 1. The van der Waals surface area contributed by atoms with Crippen molar-refractivity contribution in [2.45, 2.75) is 13.0 Å². The molecule has 0 spiro atoms. The van der Waals surface area contributed by atoms with E-state index < -0.39 is 5.82 Å². The molecule has 3 rings (SSSR count). The molecule has 1 N–H and O–H groups in total. The van der Waals surface area contributed by atoms with Crippen LogP contribution in [-0.4, -0.2) is 11.7 Å². The Labute approximate surface area is 105 Å². The van der Waals surface area contributed by atoms with Crippen molar-refractivity contribution in [1.29, 1.82) is 0 Å². The molecule has 0 saturated heterocycles. The normalized spacial score (nSPS) is 13.7. The van der Waals surface area contributed by atoms with Crippen molar-refractivity contribution < 1.29 is 9.50 Å². The molecule has 0 atom stereocenters. The lowest BCUT2D eigenvalue weighted by molar-refractivity contribution is 0.431. The van der Waals surface area contributed by atoms with Crippen LogP contribution in [0.3, 0.4) is 0 Å². The van der Waals surface area contributed by atoms with E-state index in [0.717, 1.165) is 18.5 Å². The third kappa shape index (κ3) is 1.92. The molecule has 0 amide bonds. The predicted octanol–water partition coefficient (Wildman–Crippen LogP) is 3.09. The molecule has 2 aromatic rings. The molecule has 18 heavy (non-hydrogen) atoms. The average molecular weight is 243 g/mol. The zero-order valence-electron chi connectivity index (χ0n) is 9.94. The number of phenolic OH excluding ortho intramolecular Hbond substituents is 1. The van der Waals surface area contributed by atoms with Gasteiger partial charge in [0.05, 0.1) is 0 Å². The van der Waals surface area contributed by atoms with Gasteiger partial charge in [-0.3, -0.25) is 0 Å². The first-order chi connectivity index (χ1) is 8.74. The van der Waals surface area contributed by atoms with Gasteiger partial charge in [-0.05, 0) is 35.7 Å². The SMILES string of the molecule is Oc1ccc(CN2CCc3ccccc32)cc1F. The Morgan fingerprint density at radius 3 is 2.83 bits per heavy atom. The minimum atomic E-state index is -0.556. The van der Waals surface area contributed by atoms with E-state index in [0.29, 0.717) is 6.54 Å². The molecule has 0 bridgehead atoms. The summed E-state index contributed by atoms with van der Waals surface area (Å²) in [5.41, 5.74) is 3.45. The summed E-state index contributed by atoms with van der Waals surface area (Å²) < 4.78 is 13.3. The molecular formula is C15H14FNO. The lowest BCUT2D eigenvalue weighted by Crippen LogP contribution is -2.19. The standard InChI is InChI=1S/C15H14FNO/c16-13-9-11(5-6-15(13)18)10-17-8-7-12-3-1-2-4-14(12)17/h1-6,9,18H,7-8,10H2. The van der Waals surface area contributed by atoms with Gasteiger partial charge in [0.2, 0.25) is 0 Å². The highest BCUT2D eigenvalue weighted by molar-refractivity contribution is 5.58. The molecule has 0 radical (unpaired) electrons. The highest BCUT2D eigenvalue weighted by Crippen LogP contribution is 2.29. The number of hydrogen-bond acceptors (Lipinski definition) is 2. The van der Waals surface area contributed by atoms with Crippen molar-refractivity contribution in [3.05, 3.63) is 59.4 Å². The quantitative estimate of drug-likeness (QED) is 0.876. The van der Waals surface area contributed by atoms with Crippen LogP contribution < -0.4 is 4.90 Å². The number of phenols is 1. The van der Waals surface area contributed by atoms with Crippen LogP contribution in [0, 0.1) is 5.82 Å². The van der Waals surface area contributed by atoms with Gasteiger partial charge in [0, 0.05) is 18.8 Å². The van der Waals surface area contributed by atoms with E-state index in [2.05, 4.69) is 17.0 Å². The number of benzene rings is 2. The minimum absolute atomic E-state index is 0.291. The van der Waals surface area contributed by atoms with Gasteiger partial charge in [-0.1, -0.05) is 24.3 Å². The lowest BCUT2D eigenvalue weighted by atomic mass is 10.1. The zero-order valence-corrected chi connectivity index (χ0v) is 9.94. The first-order valence-electron chi connectivity index (χ1n) is 6.04. The van der Waals surface area contributed by atoms with Crippen LogP contribution in [0.1, 0.15) is 11.1 Å². The topological polar surface area (TPSA) is 23.5 Å². The number of hydrogen-bond donors (Lipinski definition) is 1. The van der Waals surface area contributed by atoms with Crippen molar-refractivity contribution in [3.8, 4) is 5.75 Å². The van der Waals surface area contributed by atoms with Gasteiger partial charge in [0.1, 0.15) is 0 Å². The van der Waals surface area contributed by atoms with Crippen LogP contribution in [0.15, 0.2) is 42.5 Å². The summed E-state index contributed by atoms with van der Waals surface area (Å²) in [6.07, 6.45) is 1.04. The highest BCUT2D eigenvalue weighted by Gasteiger charge is 2.18. The van der Waals surface area contributed by atoms with Gasteiger partial charge in [-0.25, -0.2) is 4.39 Å². The molecule has 0 unspecified atom stereocenters. The number of fused-ring (bicyclic) bond motifs is 1. The van der Waals surface area contributed by atoms with Crippen LogP contribution in [0.25, 0.3) is 0 Å². The minimum Gasteiger partial charge on any atom is -0.505 e. The maximum Gasteiger partial charge on any atom is 0.165 e. The van der Waals surface area contributed by atoms with Crippen molar-refractivity contribution >= 4 is 5.69 Å². The molecule has 2 aromatic carbocycles. The van der Waals surface area contributed by atoms with E-state index in [4.69, 9.17) is 0 Å². The van der Waals surface area contributed by atoms with Crippen LogP contribution in [0.4, 0.5) is 10.1 Å². The first-order valence-corrected chi connectivity index (χ1v) is 6.04. The van der Waals surface area contributed by atoms with Gasteiger partial charge in [-0.2, -0.15) is 0 Å². The van der Waals surface area contributed by atoms with Crippen molar-refractivity contribution in [2.24, 2.45) is 0 Å². The first kappa shape index (κ1) is 11.1. The Balaban J connectivity index is 1.84. The summed E-state index contributed by atoms with van der Waals surface area (Å²) in [6.45, 7) is 1.63. The van der Waals surface area contributed by atoms with Crippen LogP contribution in [-0.2, 0) is 13.0 Å². The fraction of sp³-hybridized carbons (Fsp3) is 0.200. The molecule has 0 aromatic heterocycles. The number of nitrogens with zero attached hydrogens (tertiary/aromatic N) is 1. The molecule has 1 heterocycles. The van der Waals surface area contributed by atoms with E-state index in [1.54, 1.807) is 6.07 Å². The smallest absolute Gasteiger partial charge is 0.165 e. The monoisotopic (exact) mass is 243 g/mol.